The van der Waals surface area contributed by atoms with E-state index >= 15 is 0 Å². The number of para-hydroxylation sites is 1. The summed E-state index contributed by atoms with van der Waals surface area (Å²) in [5, 5.41) is 8.82. The maximum atomic E-state index is 12.7. The number of hydrogen-bond acceptors (Lipinski definition) is 2. The molecule has 0 amide bonds. The number of rotatable bonds is 1. The van der Waals surface area contributed by atoms with Crippen molar-refractivity contribution in [1.29, 1.82) is 0 Å². The molecule has 6 heteroatoms. The number of hydrogen-bond donors (Lipinski definition) is 1. The highest BCUT2D eigenvalue weighted by atomic mass is 19.4. The van der Waals surface area contributed by atoms with Crippen molar-refractivity contribution in [3.05, 3.63) is 29.8 Å². The predicted molar refractivity (Wildman–Crippen MR) is 51.7 cm³/mol. The monoisotopic (exact) mass is 246 g/mol. The number of ether oxygens (including phenoxy) is 1. The van der Waals surface area contributed by atoms with Crippen molar-refractivity contribution in [2.75, 3.05) is 0 Å². The highest BCUT2D eigenvalue weighted by molar-refractivity contribution is 5.72. The minimum atomic E-state index is -4.68. The Morgan fingerprint density at radius 2 is 2.00 bits per heavy atom. The smallest absolute Gasteiger partial charge is 0.426 e. The van der Waals surface area contributed by atoms with Crippen LogP contribution in [0.4, 0.5) is 13.2 Å². The van der Waals surface area contributed by atoms with Crippen molar-refractivity contribution in [3.8, 4) is 5.75 Å². The molecule has 1 N–H and O–H groups in total. The average molecular weight is 246 g/mol. The molecule has 0 radical (unpaired) electrons. The first kappa shape index (κ1) is 11.8. The lowest BCUT2D eigenvalue weighted by molar-refractivity contribution is -0.217. The summed E-state index contributed by atoms with van der Waals surface area (Å²) < 4.78 is 42.7. The molecule has 0 bridgehead atoms. The summed E-state index contributed by atoms with van der Waals surface area (Å²) >= 11 is 0. The first-order valence-corrected chi connectivity index (χ1v) is 4.93. The van der Waals surface area contributed by atoms with E-state index in [2.05, 4.69) is 0 Å². The molecule has 0 aliphatic carbocycles. The molecule has 0 saturated heterocycles. The first-order valence-electron chi connectivity index (χ1n) is 4.93. The van der Waals surface area contributed by atoms with Gasteiger partial charge in [-0.15, -0.1) is 0 Å². The maximum absolute atomic E-state index is 12.7. The highest BCUT2D eigenvalue weighted by Crippen LogP contribution is 2.38. The summed E-state index contributed by atoms with van der Waals surface area (Å²) in [6, 6.07) is 6.16. The van der Waals surface area contributed by atoms with E-state index in [1.54, 1.807) is 18.2 Å². The van der Waals surface area contributed by atoms with Gasteiger partial charge in [-0.2, -0.15) is 13.2 Å². The van der Waals surface area contributed by atoms with Crippen LogP contribution in [0.1, 0.15) is 5.56 Å². The van der Waals surface area contributed by atoms with Crippen LogP contribution < -0.4 is 4.74 Å². The minimum absolute atomic E-state index is 0.104. The van der Waals surface area contributed by atoms with Gasteiger partial charge in [0.25, 0.3) is 0 Å². The van der Waals surface area contributed by atoms with Crippen molar-refractivity contribution in [2.24, 2.45) is 5.92 Å². The lowest BCUT2D eigenvalue weighted by atomic mass is 9.90. The van der Waals surface area contributed by atoms with Crippen LogP contribution in [0.5, 0.6) is 5.75 Å². The quantitative estimate of drug-likeness (QED) is 0.826. The van der Waals surface area contributed by atoms with E-state index < -0.39 is 24.2 Å². The fourth-order valence-corrected chi connectivity index (χ4v) is 1.86. The van der Waals surface area contributed by atoms with Gasteiger partial charge in [0, 0.05) is 0 Å². The maximum Gasteiger partial charge on any atom is 0.426 e. The second-order valence-electron chi connectivity index (χ2n) is 3.84. The SMILES string of the molecule is O=C(O)C1Cc2ccccc2O[C@@H]1C(F)(F)F. The van der Waals surface area contributed by atoms with Crippen molar-refractivity contribution >= 4 is 5.97 Å². The number of benzene rings is 1. The molecule has 92 valence electrons. The van der Waals surface area contributed by atoms with Gasteiger partial charge in [-0.25, -0.2) is 0 Å². The molecule has 0 saturated carbocycles. The van der Waals surface area contributed by atoms with Crippen LogP contribution in [0, 0.1) is 5.92 Å². The van der Waals surface area contributed by atoms with Crippen molar-refractivity contribution in [2.45, 2.75) is 18.7 Å². The van der Waals surface area contributed by atoms with Gasteiger partial charge in [-0.05, 0) is 18.1 Å². The largest absolute Gasteiger partial charge is 0.481 e. The summed E-state index contributed by atoms with van der Waals surface area (Å²) in [5.41, 5.74) is 0.486. The van der Waals surface area contributed by atoms with Crippen LogP contribution in [0.3, 0.4) is 0 Å². The number of carbonyl (C=O) groups is 1. The van der Waals surface area contributed by atoms with Gasteiger partial charge in [0.05, 0.1) is 0 Å². The van der Waals surface area contributed by atoms with Gasteiger partial charge < -0.3 is 9.84 Å². The van der Waals surface area contributed by atoms with Gasteiger partial charge in [0.2, 0.25) is 6.10 Å². The van der Waals surface area contributed by atoms with Gasteiger partial charge >= 0.3 is 12.1 Å². The molecule has 1 heterocycles. The number of halogens is 3. The molecule has 17 heavy (non-hydrogen) atoms. The third-order valence-corrected chi connectivity index (χ3v) is 2.67. The lowest BCUT2D eigenvalue weighted by Crippen LogP contribution is -2.47. The third kappa shape index (κ3) is 2.20. The molecule has 2 rings (SSSR count). The Bertz CT molecular complexity index is 442. The van der Waals surface area contributed by atoms with Crippen molar-refractivity contribution in [1.82, 2.24) is 0 Å². The first-order chi connectivity index (χ1) is 7.89. The lowest BCUT2D eigenvalue weighted by Gasteiger charge is -2.32. The molecule has 1 aliphatic heterocycles. The van der Waals surface area contributed by atoms with E-state index in [1.165, 1.54) is 6.07 Å². The molecular weight excluding hydrogens is 237 g/mol. The van der Waals surface area contributed by atoms with Crippen molar-refractivity contribution < 1.29 is 27.8 Å². The van der Waals surface area contributed by atoms with E-state index in [-0.39, 0.29) is 12.2 Å². The standard InChI is InChI=1S/C11H9F3O3/c12-11(13,14)9-7(10(15)16)5-6-3-1-2-4-8(6)17-9/h1-4,7,9H,5H2,(H,15,16)/t7?,9-/m0/s1. The van der Waals surface area contributed by atoms with E-state index in [1.807, 2.05) is 0 Å². The Morgan fingerprint density at radius 1 is 1.35 bits per heavy atom. The van der Waals surface area contributed by atoms with Crippen molar-refractivity contribution in [3.63, 3.8) is 0 Å². The number of aliphatic carboxylic acids is 1. The molecule has 1 aromatic carbocycles. The summed E-state index contributed by atoms with van der Waals surface area (Å²) in [4.78, 5) is 10.8. The summed E-state index contributed by atoms with van der Waals surface area (Å²) in [6.45, 7) is 0. The highest BCUT2D eigenvalue weighted by Gasteiger charge is 2.51. The van der Waals surface area contributed by atoms with Crippen LogP contribution in [-0.4, -0.2) is 23.4 Å². The Morgan fingerprint density at radius 3 is 2.59 bits per heavy atom. The van der Waals surface area contributed by atoms with Crippen LogP contribution in [0.2, 0.25) is 0 Å². The Hall–Kier alpha value is -1.72. The Kier molecular flexibility index (Phi) is 2.73. The Balaban J connectivity index is 2.38. The molecule has 0 fully saturated rings. The minimum Gasteiger partial charge on any atom is -0.481 e. The second-order valence-corrected chi connectivity index (χ2v) is 3.84. The van der Waals surface area contributed by atoms with Crippen LogP contribution >= 0.6 is 0 Å². The molecule has 1 unspecified atom stereocenters. The van der Waals surface area contributed by atoms with Crippen LogP contribution in [0.15, 0.2) is 24.3 Å². The summed E-state index contributed by atoms with van der Waals surface area (Å²) in [5.74, 6) is -2.99. The zero-order valence-corrected chi connectivity index (χ0v) is 8.57. The molecule has 1 aromatic rings. The summed E-state index contributed by atoms with van der Waals surface area (Å²) in [7, 11) is 0. The van der Waals surface area contributed by atoms with Gasteiger partial charge in [-0.3, -0.25) is 4.79 Å². The van der Waals surface area contributed by atoms with Gasteiger partial charge in [0.15, 0.2) is 0 Å². The topological polar surface area (TPSA) is 46.5 Å². The fourth-order valence-electron chi connectivity index (χ4n) is 1.86. The van der Waals surface area contributed by atoms with Crippen LogP contribution in [-0.2, 0) is 11.2 Å². The van der Waals surface area contributed by atoms with Gasteiger partial charge in [-0.1, -0.05) is 18.2 Å². The van der Waals surface area contributed by atoms with Crippen LogP contribution in [0.25, 0.3) is 0 Å². The number of carboxylic acid groups (broad SMARTS) is 1. The molecule has 0 aromatic heterocycles. The summed E-state index contributed by atoms with van der Waals surface area (Å²) in [6.07, 6.45) is -7.14. The average Bonchev–Trinajstić information content (AvgIpc) is 2.26. The van der Waals surface area contributed by atoms with E-state index in [0.717, 1.165) is 0 Å². The molecule has 2 atom stereocenters. The zero-order valence-electron chi connectivity index (χ0n) is 8.57. The van der Waals surface area contributed by atoms with E-state index in [4.69, 9.17) is 9.84 Å². The van der Waals surface area contributed by atoms with E-state index in [9.17, 15) is 18.0 Å². The second kappa shape index (κ2) is 3.94. The Labute approximate surface area is 94.8 Å². The van der Waals surface area contributed by atoms with E-state index in [0.29, 0.717) is 5.56 Å². The molecule has 0 spiro atoms. The molecular formula is C11H9F3O3. The zero-order chi connectivity index (χ0) is 12.6. The fraction of sp³-hybridized carbons (Fsp3) is 0.364. The third-order valence-electron chi connectivity index (χ3n) is 2.67. The van der Waals surface area contributed by atoms with Gasteiger partial charge in [0.1, 0.15) is 11.7 Å². The molecule has 3 nitrogen and oxygen atoms in total. The normalized spacial score (nSPS) is 23.7. The molecule has 1 aliphatic rings. The number of carboxylic acids is 1. The number of alkyl halides is 3. The predicted octanol–water partition coefficient (Wildman–Crippen LogP) is 2.25. The number of fused-ring (bicyclic) bond motifs is 1.